The van der Waals surface area contributed by atoms with Crippen LogP contribution in [-0.4, -0.2) is 88.4 Å². The summed E-state index contributed by atoms with van der Waals surface area (Å²) in [6.07, 6.45) is 0.909. The average Bonchev–Trinajstić information content (AvgIpc) is 2.89. The number of carbonyl (C=O) groups is 6. The van der Waals surface area contributed by atoms with E-state index in [0.29, 0.717) is 31.4 Å². The van der Waals surface area contributed by atoms with Gasteiger partial charge in [-0.3, -0.25) is 28.8 Å². The minimum absolute atomic E-state index is 0.0145. The molecule has 14 heteroatoms. The summed E-state index contributed by atoms with van der Waals surface area (Å²) in [6.45, 7) is 5.40. The Kier molecular flexibility index (Phi) is 15.0. The van der Waals surface area contributed by atoms with E-state index in [9.17, 15) is 33.9 Å². The molecule has 14 nitrogen and oxygen atoms in total. The molecule has 0 aliphatic heterocycles. The van der Waals surface area contributed by atoms with Crippen molar-refractivity contribution in [3.63, 3.8) is 0 Å². The maximum Gasteiger partial charge on any atom is 0.305 e. The fourth-order valence-electron chi connectivity index (χ4n) is 4.30. The van der Waals surface area contributed by atoms with E-state index in [2.05, 4.69) is 16.0 Å². The Hall–Kier alpha value is -4.20. The van der Waals surface area contributed by atoms with Crippen molar-refractivity contribution in [2.24, 2.45) is 17.4 Å². The van der Waals surface area contributed by atoms with Crippen LogP contribution in [0.3, 0.4) is 0 Å². The molecular weight excluding hydrogens is 548 g/mol. The fourth-order valence-corrected chi connectivity index (χ4v) is 4.30. The lowest BCUT2D eigenvalue weighted by Gasteiger charge is -2.33. The molecule has 1 rings (SSSR count). The predicted molar refractivity (Wildman–Crippen MR) is 154 cm³/mol. The predicted octanol–water partition coefficient (Wildman–Crippen LogP) is -0.629. The van der Waals surface area contributed by atoms with Crippen LogP contribution in [0.15, 0.2) is 24.3 Å². The van der Waals surface area contributed by atoms with Crippen LogP contribution in [0.25, 0.3) is 0 Å². The molecule has 1 aromatic carbocycles. The second-order valence-electron chi connectivity index (χ2n) is 10.6. The summed E-state index contributed by atoms with van der Waals surface area (Å²) >= 11 is 0. The molecule has 42 heavy (non-hydrogen) atoms. The van der Waals surface area contributed by atoms with E-state index in [1.807, 2.05) is 13.8 Å². The van der Waals surface area contributed by atoms with E-state index in [1.165, 1.54) is 26.1 Å². The van der Waals surface area contributed by atoms with Gasteiger partial charge in [0, 0.05) is 20.4 Å². The number of hydrogen-bond donors (Lipinski definition) is 7. The number of carboxylic acids is 1. The Balaban J connectivity index is 3.34. The number of likely N-dealkylation sites (N-methyl/N-ethyl adjacent to an activating group) is 1. The molecule has 5 amide bonds. The largest absolute Gasteiger partial charge is 0.508 e. The Morgan fingerprint density at radius 1 is 0.905 bits per heavy atom. The number of nitrogens with one attached hydrogen (secondary N) is 3. The number of primary amides is 1. The number of phenols is 1. The van der Waals surface area contributed by atoms with Crippen LogP contribution in [0.5, 0.6) is 5.75 Å². The summed E-state index contributed by atoms with van der Waals surface area (Å²) in [4.78, 5) is 76.3. The molecule has 0 saturated heterocycles. The number of aromatic hydroxyl groups is 1. The van der Waals surface area contributed by atoms with Gasteiger partial charge in [0.05, 0.1) is 6.42 Å². The molecule has 234 valence electrons. The monoisotopic (exact) mass is 592 g/mol. The topological polar surface area (TPSA) is 234 Å². The van der Waals surface area contributed by atoms with Crippen LogP contribution < -0.4 is 27.4 Å². The minimum atomic E-state index is -1.53. The zero-order chi connectivity index (χ0) is 32.0. The van der Waals surface area contributed by atoms with Crippen molar-refractivity contribution in [3.8, 4) is 5.75 Å². The van der Waals surface area contributed by atoms with Gasteiger partial charge in [0.1, 0.15) is 29.9 Å². The molecule has 0 aliphatic rings. The molecule has 0 heterocycles. The Bertz CT molecular complexity index is 1090. The highest BCUT2D eigenvalue weighted by atomic mass is 16.4. The van der Waals surface area contributed by atoms with Crippen LogP contribution in [0, 0.1) is 5.92 Å². The van der Waals surface area contributed by atoms with Gasteiger partial charge in [0.2, 0.25) is 29.5 Å². The zero-order valence-corrected chi connectivity index (χ0v) is 24.6. The van der Waals surface area contributed by atoms with Gasteiger partial charge in [0.25, 0.3) is 0 Å². The van der Waals surface area contributed by atoms with E-state index >= 15 is 0 Å². The van der Waals surface area contributed by atoms with Gasteiger partial charge < -0.3 is 42.5 Å². The second-order valence-corrected chi connectivity index (χ2v) is 10.6. The zero-order valence-electron chi connectivity index (χ0n) is 24.6. The lowest BCUT2D eigenvalue weighted by Crippen LogP contribution is -2.59. The highest BCUT2D eigenvalue weighted by Crippen LogP contribution is 2.17. The molecule has 0 unspecified atom stereocenters. The Labute approximate surface area is 245 Å². The van der Waals surface area contributed by atoms with Gasteiger partial charge in [-0.15, -0.1) is 0 Å². The van der Waals surface area contributed by atoms with E-state index in [-0.39, 0.29) is 24.5 Å². The lowest BCUT2D eigenvalue weighted by molar-refractivity contribution is -0.144. The molecule has 0 bridgehead atoms. The molecule has 0 aliphatic carbocycles. The van der Waals surface area contributed by atoms with Crippen LogP contribution in [0.2, 0.25) is 0 Å². The molecule has 0 aromatic heterocycles. The number of phenolic OH excluding ortho intramolecular Hbond substituents is 1. The molecule has 4 atom stereocenters. The third kappa shape index (κ3) is 12.5. The summed E-state index contributed by atoms with van der Waals surface area (Å²) in [5.74, 6) is -4.93. The Morgan fingerprint density at radius 2 is 1.50 bits per heavy atom. The molecule has 9 N–H and O–H groups in total. The Morgan fingerprint density at radius 3 is 2.00 bits per heavy atom. The first-order valence-corrected chi connectivity index (χ1v) is 13.8. The van der Waals surface area contributed by atoms with Crippen molar-refractivity contribution >= 4 is 35.5 Å². The smallest absolute Gasteiger partial charge is 0.305 e. The number of amides is 5. The first-order valence-electron chi connectivity index (χ1n) is 13.8. The molecule has 0 spiro atoms. The summed E-state index contributed by atoms with van der Waals surface area (Å²) in [7, 11) is 1.36. The van der Waals surface area contributed by atoms with Crippen LogP contribution in [0.1, 0.15) is 58.4 Å². The fraction of sp³-hybridized carbons (Fsp3) is 0.571. The van der Waals surface area contributed by atoms with Crippen LogP contribution >= 0.6 is 0 Å². The van der Waals surface area contributed by atoms with Crippen molar-refractivity contribution in [2.45, 2.75) is 83.5 Å². The molecule has 1 aromatic rings. The number of aliphatic carboxylic acids is 1. The number of unbranched alkanes of at least 4 members (excludes halogenated alkanes) is 1. The van der Waals surface area contributed by atoms with E-state index in [4.69, 9.17) is 16.6 Å². The number of nitrogens with two attached hydrogens (primary N) is 2. The number of benzene rings is 1. The second kappa shape index (κ2) is 17.6. The van der Waals surface area contributed by atoms with Crippen LogP contribution in [-0.2, 0) is 35.2 Å². The average molecular weight is 593 g/mol. The minimum Gasteiger partial charge on any atom is -0.508 e. The maximum absolute atomic E-state index is 13.8. The third-order valence-electron chi connectivity index (χ3n) is 6.48. The number of carbonyl (C=O) groups excluding carboxylic acids is 5. The number of nitrogens with zero attached hydrogens (tertiary/aromatic N) is 1. The van der Waals surface area contributed by atoms with Crippen molar-refractivity contribution < 1.29 is 39.0 Å². The maximum atomic E-state index is 13.8. The first-order chi connectivity index (χ1) is 19.7. The first kappa shape index (κ1) is 35.8. The normalized spacial score (nSPS) is 13.8. The van der Waals surface area contributed by atoms with E-state index < -0.39 is 66.1 Å². The molecule has 0 fully saturated rings. The van der Waals surface area contributed by atoms with Gasteiger partial charge in [-0.2, -0.15) is 0 Å². The molecule has 0 saturated carbocycles. The van der Waals surface area contributed by atoms with Gasteiger partial charge in [-0.25, -0.2) is 0 Å². The quantitative estimate of drug-likeness (QED) is 0.107. The summed E-state index contributed by atoms with van der Waals surface area (Å²) < 4.78 is 0. The number of carboxylic acid groups (broad SMARTS) is 1. The SMILES string of the molecule is CC(=O)N[C@@H](CCCCN)C(=O)N[C@@H](CC(C)C)C(=O)N(C)[C@@H](Cc1ccc(O)cc1)C(=O)N[C@@H](CC(=O)O)C(N)=O. The van der Waals surface area contributed by atoms with Gasteiger partial charge in [-0.1, -0.05) is 26.0 Å². The highest BCUT2D eigenvalue weighted by molar-refractivity contribution is 5.96. The van der Waals surface area contributed by atoms with Crippen molar-refractivity contribution in [3.05, 3.63) is 29.8 Å². The standard InChI is InChI=1S/C28H44N6O8/c1-16(2)13-22(33-26(40)20(31-17(3)35)7-5-6-12-29)28(42)34(4)23(14-18-8-10-19(36)11-9-18)27(41)32-21(25(30)39)15-24(37)38/h8-11,16,20-23,36H,5-7,12-15,29H2,1-4H3,(H2,30,39)(H,31,35)(H,32,41)(H,33,40)(H,37,38)/t20-,21-,22-,23-/m0/s1. The highest BCUT2D eigenvalue weighted by Gasteiger charge is 2.35. The van der Waals surface area contributed by atoms with E-state index in [0.717, 1.165) is 4.90 Å². The van der Waals surface area contributed by atoms with Crippen molar-refractivity contribution in [2.75, 3.05) is 13.6 Å². The van der Waals surface area contributed by atoms with Crippen molar-refractivity contribution in [1.82, 2.24) is 20.9 Å². The van der Waals surface area contributed by atoms with Gasteiger partial charge >= 0.3 is 5.97 Å². The molecular formula is C28H44N6O8. The molecule has 0 radical (unpaired) electrons. The number of rotatable bonds is 18. The number of hydrogen-bond acceptors (Lipinski definition) is 8. The van der Waals surface area contributed by atoms with Gasteiger partial charge in [0.15, 0.2) is 0 Å². The van der Waals surface area contributed by atoms with Gasteiger partial charge in [-0.05, 0) is 55.8 Å². The van der Waals surface area contributed by atoms with E-state index in [1.54, 1.807) is 12.1 Å². The third-order valence-corrected chi connectivity index (χ3v) is 6.48. The summed E-state index contributed by atoms with van der Waals surface area (Å²) in [5, 5.41) is 26.4. The van der Waals surface area contributed by atoms with Crippen LogP contribution in [0.4, 0.5) is 0 Å². The lowest BCUT2D eigenvalue weighted by atomic mass is 9.98. The van der Waals surface area contributed by atoms with Crippen molar-refractivity contribution in [1.29, 1.82) is 0 Å². The summed E-state index contributed by atoms with van der Waals surface area (Å²) in [6, 6.07) is 1.14. The summed E-state index contributed by atoms with van der Waals surface area (Å²) in [5.41, 5.74) is 11.4.